The zero-order valence-corrected chi connectivity index (χ0v) is 20.1. The summed E-state index contributed by atoms with van der Waals surface area (Å²) in [6.45, 7) is 0.173. The standard InChI is InChI=1S/C22H19F5N2O6S/c1-10-14(16(23)17(24)18(25)20(10)36(4,31)32)15-19(21(26)27)28-29(2)22(15)35-13(30)9-34-12-7-5-11(33-3)6-8-12/h5-8,21H,9H2,1-4H3. The van der Waals surface area contributed by atoms with Crippen molar-refractivity contribution in [3.05, 3.63) is 53.0 Å². The molecule has 0 atom stereocenters. The van der Waals surface area contributed by atoms with Crippen molar-refractivity contribution in [2.75, 3.05) is 20.0 Å². The molecule has 0 saturated heterocycles. The number of esters is 1. The number of halogens is 5. The maximum absolute atomic E-state index is 14.9. The van der Waals surface area contributed by atoms with Crippen molar-refractivity contribution in [1.29, 1.82) is 0 Å². The Kier molecular flexibility index (Phi) is 7.57. The van der Waals surface area contributed by atoms with E-state index in [4.69, 9.17) is 14.2 Å². The van der Waals surface area contributed by atoms with Gasteiger partial charge in [-0.05, 0) is 36.8 Å². The van der Waals surface area contributed by atoms with Crippen molar-refractivity contribution >= 4 is 15.8 Å². The summed E-state index contributed by atoms with van der Waals surface area (Å²) in [5, 5.41) is 3.51. The summed E-state index contributed by atoms with van der Waals surface area (Å²) < 4.78 is 111. The molecule has 1 aromatic heterocycles. The number of aryl methyl sites for hydroxylation is 1. The molecule has 0 aliphatic carbocycles. The third-order valence-corrected chi connectivity index (χ3v) is 6.22. The summed E-state index contributed by atoms with van der Waals surface area (Å²) in [6.07, 6.45) is -2.85. The number of carbonyl (C=O) groups is 1. The Morgan fingerprint density at radius 2 is 1.61 bits per heavy atom. The number of methoxy groups -OCH3 is 1. The van der Waals surface area contributed by atoms with E-state index in [2.05, 4.69) is 5.10 Å². The van der Waals surface area contributed by atoms with Crippen molar-refractivity contribution in [2.24, 2.45) is 7.05 Å². The number of carbonyl (C=O) groups excluding carboxylic acids is 1. The summed E-state index contributed by atoms with van der Waals surface area (Å²) >= 11 is 0. The zero-order chi connectivity index (χ0) is 26.9. The number of sulfone groups is 1. The maximum atomic E-state index is 14.9. The lowest BCUT2D eigenvalue weighted by Crippen LogP contribution is -2.19. The van der Waals surface area contributed by atoms with Crippen molar-refractivity contribution in [3.8, 4) is 28.5 Å². The molecule has 2 aromatic carbocycles. The molecular formula is C22H19F5N2O6S. The average Bonchev–Trinajstić information content (AvgIpc) is 3.12. The molecule has 3 rings (SSSR count). The second-order valence-corrected chi connectivity index (χ2v) is 9.42. The van der Waals surface area contributed by atoms with Gasteiger partial charge in [0.2, 0.25) is 5.88 Å². The van der Waals surface area contributed by atoms with Crippen LogP contribution in [0, 0.1) is 24.4 Å². The molecule has 8 nitrogen and oxygen atoms in total. The topological polar surface area (TPSA) is 96.7 Å². The number of nitrogens with zero attached hydrogens (tertiary/aromatic N) is 2. The largest absolute Gasteiger partial charge is 0.497 e. The van der Waals surface area contributed by atoms with Crippen LogP contribution in [-0.2, 0) is 21.7 Å². The molecule has 0 spiro atoms. The fourth-order valence-electron chi connectivity index (χ4n) is 3.47. The molecule has 36 heavy (non-hydrogen) atoms. The summed E-state index contributed by atoms with van der Waals surface area (Å²) in [4.78, 5) is 11.2. The highest BCUT2D eigenvalue weighted by molar-refractivity contribution is 7.90. The second kappa shape index (κ2) is 10.1. The number of hydrogen-bond acceptors (Lipinski definition) is 7. The highest BCUT2D eigenvalue weighted by Crippen LogP contribution is 2.43. The SMILES string of the molecule is COc1ccc(OCC(=O)Oc2c(-c3c(C)c(S(C)(=O)=O)c(F)c(F)c3F)c(C(F)F)nn2C)cc1. The Morgan fingerprint density at radius 1 is 1.03 bits per heavy atom. The van der Waals surface area contributed by atoms with Crippen molar-refractivity contribution in [3.63, 3.8) is 0 Å². The first-order valence-corrected chi connectivity index (χ1v) is 11.9. The van der Waals surface area contributed by atoms with Gasteiger partial charge < -0.3 is 14.2 Å². The van der Waals surface area contributed by atoms with Crippen LogP contribution in [0.25, 0.3) is 11.1 Å². The number of rotatable bonds is 8. The van der Waals surface area contributed by atoms with Gasteiger partial charge in [-0.2, -0.15) is 5.10 Å². The van der Waals surface area contributed by atoms with E-state index in [-0.39, 0.29) is 5.75 Å². The van der Waals surface area contributed by atoms with Crippen LogP contribution in [0.15, 0.2) is 29.2 Å². The molecule has 1 heterocycles. The van der Waals surface area contributed by atoms with Gasteiger partial charge in [0.1, 0.15) is 22.1 Å². The summed E-state index contributed by atoms with van der Waals surface area (Å²) in [5.74, 6) is -7.33. The van der Waals surface area contributed by atoms with Crippen LogP contribution in [0.3, 0.4) is 0 Å². The van der Waals surface area contributed by atoms with Gasteiger partial charge in [-0.3, -0.25) is 0 Å². The first-order valence-electron chi connectivity index (χ1n) is 9.97. The number of hydrogen-bond donors (Lipinski definition) is 0. The Balaban J connectivity index is 2.09. The van der Waals surface area contributed by atoms with Gasteiger partial charge >= 0.3 is 5.97 Å². The monoisotopic (exact) mass is 534 g/mol. The summed E-state index contributed by atoms with van der Waals surface area (Å²) in [6, 6.07) is 6.04. The molecule has 0 bridgehead atoms. The van der Waals surface area contributed by atoms with Gasteiger partial charge in [-0.15, -0.1) is 0 Å². The fourth-order valence-corrected chi connectivity index (χ4v) is 4.54. The molecule has 194 valence electrons. The van der Waals surface area contributed by atoms with Gasteiger partial charge in [0, 0.05) is 18.9 Å². The normalized spacial score (nSPS) is 11.6. The van der Waals surface area contributed by atoms with Crippen LogP contribution in [0.1, 0.15) is 17.7 Å². The molecule has 3 aromatic rings. The minimum absolute atomic E-state index is 0.228. The summed E-state index contributed by atoms with van der Waals surface area (Å²) in [5.41, 5.74) is -3.82. The quantitative estimate of drug-likeness (QED) is 0.185. The van der Waals surface area contributed by atoms with Crippen LogP contribution in [0.4, 0.5) is 22.0 Å². The predicted octanol–water partition coefficient (Wildman–Crippen LogP) is 4.15. The smallest absolute Gasteiger partial charge is 0.350 e. The highest BCUT2D eigenvalue weighted by Gasteiger charge is 2.35. The van der Waals surface area contributed by atoms with Crippen LogP contribution in [-0.4, -0.2) is 44.1 Å². The van der Waals surface area contributed by atoms with Crippen molar-refractivity contribution < 1.29 is 49.4 Å². The minimum Gasteiger partial charge on any atom is -0.497 e. The van der Waals surface area contributed by atoms with Gasteiger partial charge in [-0.1, -0.05) is 0 Å². The lowest BCUT2D eigenvalue weighted by molar-refractivity contribution is -0.137. The molecule has 14 heteroatoms. The van der Waals surface area contributed by atoms with Crippen LogP contribution >= 0.6 is 0 Å². The Bertz CT molecular complexity index is 1420. The van der Waals surface area contributed by atoms with Crippen molar-refractivity contribution in [2.45, 2.75) is 18.2 Å². The van der Waals surface area contributed by atoms with Gasteiger partial charge in [0.05, 0.1) is 12.7 Å². The van der Waals surface area contributed by atoms with E-state index in [9.17, 15) is 35.2 Å². The van der Waals surface area contributed by atoms with E-state index in [0.29, 0.717) is 16.7 Å². The van der Waals surface area contributed by atoms with E-state index in [0.717, 1.165) is 14.0 Å². The summed E-state index contributed by atoms with van der Waals surface area (Å²) in [7, 11) is -1.95. The van der Waals surface area contributed by atoms with Gasteiger partial charge in [-0.25, -0.2) is 39.8 Å². The first kappa shape index (κ1) is 26.9. The highest BCUT2D eigenvalue weighted by atomic mass is 32.2. The van der Waals surface area contributed by atoms with Crippen LogP contribution in [0.2, 0.25) is 0 Å². The number of aromatic nitrogens is 2. The molecule has 0 aliphatic heterocycles. The molecule has 0 unspecified atom stereocenters. The second-order valence-electron chi connectivity index (χ2n) is 7.47. The predicted molar refractivity (Wildman–Crippen MR) is 115 cm³/mol. The molecule has 0 amide bonds. The maximum Gasteiger partial charge on any atom is 0.350 e. The Morgan fingerprint density at radius 3 is 2.14 bits per heavy atom. The fraction of sp³-hybridized carbons (Fsp3) is 0.273. The number of benzene rings is 2. The Labute approximate surface area is 202 Å². The lowest BCUT2D eigenvalue weighted by Gasteiger charge is -2.15. The van der Waals surface area contributed by atoms with Gasteiger partial charge in [0.25, 0.3) is 6.43 Å². The molecule has 0 fully saturated rings. The van der Waals surface area contributed by atoms with Crippen molar-refractivity contribution in [1.82, 2.24) is 9.78 Å². The molecule has 0 aliphatic rings. The van der Waals surface area contributed by atoms with Crippen LogP contribution < -0.4 is 14.2 Å². The van der Waals surface area contributed by atoms with Crippen LogP contribution in [0.5, 0.6) is 17.4 Å². The molecule has 0 radical (unpaired) electrons. The Hall–Kier alpha value is -3.68. The average molecular weight is 534 g/mol. The van der Waals surface area contributed by atoms with E-state index in [1.165, 1.54) is 19.2 Å². The lowest BCUT2D eigenvalue weighted by atomic mass is 9.99. The first-order chi connectivity index (χ1) is 16.8. The van der Waals surface area contributed by atoms with E-state index >= 15 is 0 Å². The minimum atomic E-state index is -4.47. The zero-order valence-electron chi connectivity index (χ0n) is 19.2. The number of alkyl halides is 2. The molecular weight excluding hydrogens is 515 g/mol. The molecule has 0 N–H and O–H groups in total. The third-order valence-electron chi connectivity index (χ3n) is 5.00. The number of ether oxygens (including phenoxy) is 3. The molecule has 0 saturated carbocycles. The van der Waals surface area contributed by atoms with E-state index in [1.54, 1.807) is 12.1 Å². The van der Waals surface area contributed by atoms with E-state index < -0.39 is 79.5 Å². The third kappa shape index (κ3) is 5.12. The van der Waals surface area contributed by atoms with Gasteiger partial charge in [0.15, 0.2) is 33.9 Å². The van der Waals surface area contributed by atoms with E-state index in [1.807, 2.05) is 0 Å².